The van der Waals surface area contributed by atoms with Gasteiger partial charge in [-0.25, -0.2) is 4.98 Å². The number of aromatic nitrogens is 4. The summed E-state index contributed by atoms with van der Waals surface area (Å²) in [6.07, 6.45) is 3.40. The number of pyridine rings is 1. The summed E-state index contributed by atoms with van der Waals surface area (Å²) in [5, 5.41) is 11.0. The molecule has 0 aliphatic rings. The molecule has 16 heavy (non-hydrogen) atoms. The first-order valence-corrected chi connectivity index (χ1v) is 5.12. The van der Waals surface area contributed by atoms with Crippen LogP contribution in [-0.2, 0) is 13.1 Å². The van der Waals surface area contributed by atoms with Crippen molar-refractivity contribution in [2.45, 2.75) is 20.0 Å². The van der Waals surface area contributed by atoms with Crippen LogP contribution in [0, 0.1) is 0 Å². The zero-order chi connectivity index (χ0) is 11.4. The molecule has 6 nitrogen and oxygen atoms in total. The van der Waals surface area contributed by atoms with Gasteiger partial charge < -0.3 is 15.6 Å². The van der Waals surface area contributed by atoms with Crippen molar-refractivity contribution in [3.05, 3.63) is 30.5 Å². The largest absolute Gasteiger partial charge is 0.396 e. The number of anilines is 2. The number of hydrogen-bond donors (Lipinski definition) is 2. The molecule has 0 aliphatic heterocycles. The van der Waals surface area contributed by atoms with Crippen molar-refractivity contribution in [2.24, 2.45) is 0 Å². The van der Waals surface area contributed by atoms with Crippen molar-refractivity contribution in [1.82, 2.24) is 19.7 Å². The summed E-state index contributed by atoms with van der Waals surface area (Å²) < 4.78 is 1.96. The number of hydrogen-bond acceptors (Lipinski definition) is 5. The molecule has 0 saturated carbocycles. The molecule has 6 heteroatoms. The van der Waals surface area contributed by atoms with Crippen LogP contribution in [0.3, 0.4) is 0 Å². The van der Waals surface area contributed by atoms with Crippen LogP contribution in [0.15, 0.2) is 24.7 Å². The van der Waals surface area contributed by atoms with Gasteiger partial charge in [0, 0.05) is 12.7 Å². The average Bonchev–Trinajstić information content (AvgIpc) is 2.75. The highest BCUT2D eigenvalue weighted by Gasteiger charge is 2.04. The first-order chi connectivity index (χ1) is 7.81. The van der Waals surface area contributed by atoms with Crippen molar-refractivity contribution in [2.75, 3.05) is 11.1 Å². The number of nitrogens with zero attached hydrogens (tertiary/aromatic N) is 4. The predicted octanol–water partition coefficient (Wildman–Crippen LogP) is 0.887. The maximum Gasteiger partial charge on any atom is 0.152 e. The predicted molar refractivity (Wildman–Crippen MR) is 61.7 cm³/mol. The molecule has 2 aromatic rings. The maximum absolute atomic E-state index is 5.76. The molecule has 0 saturated heterocycles. The van der Waals surface area contributed by atoms with E-state index in [0.29, 0.717) is 18.1 Å². The van der Waals surface area contributed by atoms with Gasteiger partial charge in [-0.3, -0.25) is 0 Å². The van der Waals surface area contributed by atoms with E-state index in [-0.39, 0.29) is 0 Å². The van der Waals surface area contributed by atoms with Crippen LogP contribution in [0.2, 0.25) is 0 Å². The zero-order valence-electron chi connectivity index (χ0n) is 9.09. The summed E-state index contributed by atoms with van der Waals surface area (Å²) in [6, 6.07) is 3.61. The van der Waals surface area contributed by atoms with Gasteiger partial charge in [-0.05, 0) is 19.1 Å². The second kappa shape index (κ2) is 4.61. The third-order valence-corrected chi connectivity index (χ3v) is 2.29. The molecule has 2 rings (SSSR count). The topological polar surface area (TPSA) is 81.7 Å². The zero-order valence-corrected chi connectivity index (χ0v) is 9.09. The molecule has 0 bridgehead atoms. The van der Waals surface area contributed by atoms with Gasteiger partial charge in [0.2, 0.25) is 0 Å². The van der Waals surface area contributed by atoms with Crippen molar-refractivity contribution in [3.63, 3.8) is 0 Å². The molecule has 0 amide bonds. The Labute approximate surface area is 93.5 Å². The fourth-order valence-electron chi connectivity index (χ4n) is 1.41. The summed E-state index contributed by atoms with van der Waals surface area (Å²) in [6.45, 7) is 3.46. The van der Waals surface area contributed by atoms with Gasteiger partial charge in [0.15, 0.2) is 5.82 Å². The van der Waals surface area contributed by atoms with Crippen LogP contribution >= 0.6 is 0 Å². The van der Waals surface area contributed by atoms with Gasteiger partial charge in [-0.2, -0.15) is 0 Å². The van der Waals surface area contributed by atoms with E-state index in [9.17, 15) is 0 Å². The monoisotopic (exact) mass is 218 g/mol. The van der Waals surface area contributed by atoms with Crippen molar-refractivity contribution < 1.29 is 0 Å². The molecule has 3 N–H and O–H groups in total. The maximum atomic E-state index is 5.76. The lowest BCUT2D eigenvalue weighted by Crippen LogP contribution is -2.09. The molecule has 0 radical (unpaired) electrons. The molecule has 84 valence electrons. The van der Waals surface area contributed by atoms with Crippen molar-refractivity contribution in [1.29, 1.82) is 0 Å². The van der Waals surface area contributed by atoms with Crippen LogP contribution in [0.4, 0.5) is 11.5 Å². The Balaban J connectivity index is 2.05. The first kappa shape index (κ1) is 10.4. The van der Waals surface area contributed by atoms with E-state index < -0.39 is 0 Å². The fourth-order valence-corrected chi connectivity index (χ4v) is 1.41. The summed E-state index contributed by atoms with van der Waals surface area (Å²) >= 11 is 0. The average molecular weight is 218 g/mol. The number of aryl methyl sites for hydroxylation is 1. The number of nitrogens with two attached hydrogens (primary N) is 1. The van der Waals surface area contributed by atoms with E-state index in [2.05, 4.69) is 20.5 Å². The van der Waals surface area contributed by atoms with Gasteiger partial charge in [-0.15, -0.1) is 10.2 Å². The Morgan fingerprint density at radius 2 is 2.38 bits per heavy atom. The molecular formula is C10H14N6. The van der Waals surface area contributed by atoms with Crippen LogP contribution in [-0.4, -0.2) is 19.7 Å². The van der Waals surface area contributed by atoms with Gasteiger partial charge >= 0.3 is 0 Å². The van der Waals surface area contributed by atoms with E-state index in [1.165, 1.54) is 0 Å². The summed E-state index contributed by atoms with van der Waals surface area (Å²) in [5.74, 6) is 1.54. The van der Waals surface area contributed by atoms with E-state index in [0.717, 1.165) is 12.4 Å². The normalized spacial score (nSPS) is 10.3. The molecule has 2 heterocycles. The first-order valence-electron chi connectivity index (χ1n) is 5.12. The van der Waals surface area contributed by atoms with Gasteiger partial charge in [0.25, 0.3) is 0 Å². The van der Waals surface area contributed by atoms with Crippen LogP contribution < -0.4 is 11.1 Å². The molecule has 0 spiro atoms. The van der Waals surface area contributed by atoms with Gasteiger partial charge in [0.1, 0.15) is 12.1 Å². The third-order valence-electron chi connectivity index (χ3n) is 2.29. The summed E-state index contributed by atoms with van der Waals surface area (Å²) in [5.41, 5.74) is 6.39. The van der Waals surface area contributed by atoms with E-state index >= 15 is 0 Å². The number of rotatable bonds is 4. The molecule has 0 unspecified atom stereocenters. The number of nitrogen functional groups attached to an aromatic ring is 1. The Kier molecular flexibility index (Phi) is 3.00. The Bertz CT molecular complexity index is 464. The Hall–Kier alpha value is -2.11. The smallest absolute Gasteiger partial charge is 0.152 e. The van der Waals surface area contributed by atoms with Gasteiger partial charge in [-0.1, -0.05) is 0 Å². The molecule has 0 atom stereocenters. The lowest BCUT2D eigenvalue weighted by molar-refractivity contribution is 0.707. The minimum atomic E-state index is 0.565. The van der Waals surface area contributed by atoms with Crippen LogP contribution in [0.25, 0.3) is 0 Å². The van der Waals surface area contributed by atoms with E-state index in [1.807, 2.05) is 11.5 Å². The lowest BCUT2D eigenvalue weighted by Gasteiger charge is -2.07. The second-order valence-corrected chi connectivity index (χ2v) is 3.33. The van der Waals surface area contributed by atoms with E-state index in [1.54, 1.807) is 24.7 Å². The summed E-state index contributed by atoms with van der Waals surface area (Å²) in [7, 11) is 0. The minimum Gasteiger partial charge on any atom is -0.396 e. The standard InChI is InChI=1S/C10H14N6/c1-2-16-7-14-15-9(16)6-13-10-8(11)4-3-5-12-10/h3-5,7H,2,6,11H2,1H3,(H,12,13). The van der Waals surface area contributed by atoms with Crippen LogP contribution in [0.5, 0.6) is 0 Å². The van der Waals surface area contributed by atoms with Crippen molar-refractivity contribution in [3.8, 4) is 0 Å². The summed E-state index contributed by atoms with van der Waals surface area (Å²) in [4.78, 5) is 4.14. The quantitative estimate of drug-likeness (QED) is 0.796. The molecule has 2 aromatic heterocycles. The Morgan fingerprint density at radius 1 is 1.50 bits per heavy atom. The van der Waals surface area contributed by atoms with Gasteiger partial charge in [0.05, 0.1) is 12.2 Å². The lowest BCUT2D eigenvalue weighted by atomic mass is 10.4. The van der Waals surface area contributed by atoms with E-state index in [4.69, 9.17) is 5.73 Å². The highest BCUT2D eigenvalue weighted by atomic mass is 15.3. The minimum absolute atomic E-state index is 0.565. The molecule has 0 fully saturated rings. The van der Waals surface area contributed by atoms with Crippen LogP contribution in [0.1, 0.15) is 12.7 Å². The fraction of sp³-hybridized carbons (Fsp3) is 0.300. The third kappa shape index (κ3) is 2.10. The SMILES string of the molecule is CCn1cnnc1CNc1ncccc1N. The number of nitrogens with one attached hydrogen (secondary N) is 1. The Morgan fingerprint density at radius 3 is 3.12 bits per heavy atom. The molecule has 0 aromatic carbocycles. The highest BCUT2D eigenvalue weighted by Crippen LogP contribution is 2.13. The highest BCUT2D eigenvalue weighted by molar-refractivity contribution is 5.60. The molecular weight excluding hydrogens is 204 g/mol. The van der Waals surface area contributed by atoms with Crippen molar-refractivity contribution >= 4 is 11.5 Å². The second-order valence-electron chi connectivity index (χ2n) is 3.33. The molecule has 0 aliphatic carbocycles.